The molecule has 0 fully saturated rings. The number of aryl methyl sites for hydroxylation is 1. The molecule has 1 heterocycles. The van der Waals surface area contributed by atoms with E-state index in [0.717, 1.165) is 0 Å². The summed E-state index contributed by atoms with van der Waals surface area (Å²) < 4.78 is 12.8. The van der Waals surface area contributed by atoms with Gasteiger partial charge >= 0.3 is 0 Å². The van der Waals surface area contributed by atoms with E-state index in [4.69, 9.17) is 0 Å². The molecule has 0 radical (unpaired) electrons. The first kappa shape index (κ1) is 9.65. The molecule has 0 saturated heterocycles. The van der Waals surface area contributed by atoms with E-state index in [-0.39, 0.29) is 11.6 Å². The monoisotopic (exact) mass is 203 g/mol. The average Bonchev–Trinajstić information content (AvgIpc) is 2.69. The Bertz CT molecular complexity index is 488. The predicted octanol–water partition coefficient (Wildman–Crippen LogP) is 2.69. The normalized spacial score (nSPS) is 10.3. The van der Waals surface area contributed by atoms with Crippen LogP contribution in [0.3, 0.4) is 0 Å². The molecule has 2 nitrogen and oxygen atoms in total. The van der Waals surface area contributed by atoms with Crippen LogP contribution < -0.4 is 0 Å². The van der Waals surface area contributed by atoms with Gasteiger partial charge in [0.2, 0.25) is 5.78 Å². The molecular weight excluding hydrogens is 193 g/mol. The van der Waals surface area contributed by atoms with E-state index < -0.39 is 0 Å². The SMILES string of the molecule is Cc1cc(F)ccc1C(=O)c1ccc[nH]1. The first-order chi connectivity index (χ1) is 7.18. The highest BCUT2D eigenvalue weighted by Gasteiger charge is 2.12. The molecule has 1 aromatic carbocycles. The molecule has 1 aromatic heterocycles. The molecule has 0 saturated carbocycles. The van der Waals surface area contributed by atoms with Crippen LogP contribution in [0, 0.1) is 12.7 Å². The van der Waals surface area contributed by atoms with E-state index in [0.29, 0.717) is 16.8 Å². The molecule has 0 aliphatic carbocycles. The summed E-state index contributed by atoms with van der Waals surface area (Å²) in [5.74, 6) is -0.437. The minimum Gasteiger partial charge on any atom is -0.359 e. The molecule has 0 spiro atoms. The Balaban J connectivity index is 2.42. The predicted molar refractivity (Wildman–Crippen MR) is 55.4 cm³/mol. The van der Waals surface area contributed by atoms with Gasteiger partial charge in [0, 0.05) is 11.8 Å². The van der Waals surface area contributed by atoms with Gasteiger partial charge in [0.05, 0.1) is 5.69 Å². The fourth-order valence-corrected chi connectivity index (χ4v) is 1.50. The van der Waals surface area contributed by atoms with E-state index >= 15 is 0 Å². The van der Waals surface area contributed by atoms with Crippen molar-refractivity contribution in [3.8, 4) is 0 Å². The highest BCUT2D eigenvalue weighted by Crippen LogP contribution is 2.14. The second-order valence-electron chi connectivity index (χ2n) is 3.37. The molecule has 15 heavy (non-hydrogen) atoms. The fourth-order valence-electron chi connectivity index (χ4n) is 1.50. The van der Waals surface area contributed by atoms with Gasteiger partial charge in [-0.3, -0.25) is 4.79 Å². The van der Waals surface area contributed by atoms with Gasteiger partial charge in [-0.2, -0.15) is 0 Å². The number of H-pyrrole nitrogens is 1. The van der Waals surface area contributed by atoms with Crippen molar-refractivity contribution < 1.29 is 9.18 Å². The molecular formula is C12H10FNO. The van der Waals surface area contributed by atoms with Crippen molar-refractivity contribution in [3.05, 3.63) is 59.2 Å². The summed E-state index contributed by atoms with van der Waals surface area (Å²) in [5, 5.41) is 0. The maximum absolute atomic E-state index is 12.8. The standard InChI is InChI=1S/C12H10FNO/c1-8-7-9(13)4-5-10(8)12(15)11-3-2-6-14-11/h2-7,14H,1H3. The zero-order chi connectivity index (χ0) is 10.8. The van der Waals surface area contributed by atoms with Crippen LogP contribution in [-0.2, 0) is 0 Å². The van der Waals surface area contributed by atoms with Gasteiger partial charge in [-0.05, 0) is 42.8 Å². The summed E-state index contributed by atoms with van der Waals surface area (Å²) >= 11 is 0. The minimum absolute atomic E-state index is 0.113. The van der Waals surface area contributed by atoms with Crippen LogP contribution in [0.4, 0.5) is 4.39 Å². The Labute approximate surface area is 86.8 Å². The number of aromatic amines is 1. The molecule has 0 atom stereocenters. The number of hydrogen-bond donors (Lipinski definition) is 1. The number of hydrogen-bond acceptors (Lipinski definition) is 1. The first-order valence-corrected chi connectivity index (χ1v) is 4.63. The van der Waals surface area contributed by atoms with E-state index in [9.17, 15) is 9.18 Å². The highest BCUT2D eigenvalue weighted by molar-refractivity contribution is 6.08. The fraction of sp³-hybridized carbons (Fsp3) is 0.0833. The molecule has 2 aromatic rings. The number of benzene rings is 1. The molecule has 3 heteroatoms. The van der Waals surface area contributed by atoms with E-state index in [1.807, 2.05) is 0 Å². The van der Waals surface area contributed by atoms with Crippen LogP contribution in [0.1, 0.15) is 21.6 Å². The largest absolute Gasteiger partial charge is 0.359 e. The first-order valence-electron chi connectivity index (χ1n) is 4.63. The van der Waals surface area contributed by atoms with Gasteiger partial charge in [-0.1, -0.05) is 0 Å². The molecule has 0 aliphatic heterocycles. The summed E-state index contributed by atoms with van der Waals surface area (Å²) in [7, 11) is 0. The second-order valence-corrected chi connectivity index (χ2v) is 3.37. The Morgan fingerprint density at radius 3 is 2.73 bits per heavy atom. The van der Waals surface area contributed by atoms with Gasteiger partial charge in [0.25, 0.3) is 0 Å². The lowest BCUT2D eigenvalue weighted by atomic mass is 10.0. The Morgan fingerprint density at radius 2 is 2.13 bits per heavy atom. The summed E-state index contributed by atoms with van der Waals surface area (Å²) in [6.07, 6.45) is 1.69. The van der Waals surface area contributed by atoms with Crippen LogP contribution in [0.25, 0.3) is 0 Å². The van der Waals surface area contributed by atoms with E-state index in [2.05, 4.69) is 4.98 Å². The van der Waals surface area contributed by atoms with Crippen molar-refractivity contribution in [1.82, 2.24) is 4.98 Å². The maximum atomic E-state index is 12.8. The lowest BCUT2D eigenvalue weighted by Crippen LogP contribution is -2.04. The zero-order valence-electron chi connectivity index (χ0n) is 8.25. The van der Waals surface area contributed by atoms with Gasteiger partial charge in [-0.15, -0.1) is 0 Å². The molecule has 0 bridgehead atoms. The van der Waals surface area contributed by atoms with Crippen molar-refractivity contribution in [2.45, 2.75) is 6.92 Å². The highest BCUT2D eigenvalue weighted by atomic mass is 19.1. The molecule has 76 valence electrons. The zero-order valence-corrected chi connectivity index (χ0v) is 8.25. The third kappa shape index (κ3) is 1.81. The number of rotatable bonds is 2. The van der Waals surface area contributed by atoms with Gasteiger partial charge < -0.3 is 4.98 Å². The molecule has 0 amide bonds. The molecule has 0 aliphatic rings. The van der Waals surface area contributed by atoms with Crippen molar-refractivity contribution in [3.63, 3.8) is 0 Å². The molecule has 2 rings (SSSR count). The van der Waals surface area contributed by atoms with Crippen LogP contribution in [0.5, 0.6) is 0 Å². The van der Waals surface area contributed by atoms with Gasteiger partial charge in [-0.25, -0.2) is 4.39 Å². The van der Waals surface area contributed by atoms with E-state index in [1.165, 1.54) is 18.2 Å². The van der Waals surface area contributed by atoms with Crippen LogP contribution in [-0.4, -0.2) is 10.8 Å². The lowest BCUT2D eigenvalue weighted by Gasteiger charge is -2.03. The van der Waals surface area contributed by atoms with Crippen LogP contribution in [0.15, 0.2) is 36.5 Å². The number of ketones is 1. The molecule has 1 N–H and O–H groups in total. The van der Waals surface area contributed by atoms with Crippen molar-refractivity contribution >= 4 is 5.78 Å². The number of aromatic nitrogens is 1. The third-order valence-corrected chi connectivity index (χ3v) is 2.28. The van der Waals surface area contributed by atoms with Gasteiger partial charge in [0.15, 0.2) is 0 Å². The quantitative estimate of drug-likeness (QED) is 0.748. The summed E-state index contributed by atoms with van der Waals surface area (Å²) in [6, 6.07) is 7.62. The number of halogens is 1. The maximum Gasteiger partial charge on any atom is 0.209 e. The summed E-state index contributed by atoms with van der Waals surface area (Å²) in [5.41, 5.74) is 1.69. The smallest absolute Gasteiger partial charge is 0.209 e. The third-order valence-electron chi connectivity index (χ3n) is 2.28. The Kier molecular flexibility index (Phi) is 2.37. The topological polar surface area (TPSA) is 32.9 Å². The van der Waals surface area contributed by atoms with Crippen LogP contribution in [0.2, 0.25) is 0 Å². The molecule has 0 unspecified atom stereocenters. The number of nitrogens with one attached hydrogen (secondary N) is 1. The van der Waals surface area contributed by atoms with Crippen LogP contribution >= 0.6 is 0 Å². The summed E-state index contributed by atoms with van der Waals surface area (Å²) in [4.78, 5) is 14.7. The van der Waals surface area contributed by atoms with Gasteiger partial charge in [0.1, 0.15) is 5.82 Å². The second kappa shape index (κ2) is 3.69. The van der Waals surface area contributed by atoms with E-state index in [1.54, 1.807) is 25.3 Å². The van der Waals surface area contributed by atoms with Crippen molar-refractivity contribution in [2.24, 2.45) is 0 Å². The Morgan fingerprint density at radius 1 is 1.33 bits per heavy atom. The number of carbonyl (C=O) groups is 1. The number of carbonyl (C=O) groups excluding carboxylic acids is 1. The summed E-state index contributed by atoms with van der Waals surface area (Å²) in [6.45, 7) is 1.72. The van der Waals surface area contributed by atoms with Crippen molar-refractivity contribution in [2.75, 3.05) is 0 Å². The average molecular weight is 203 g/mol. The van der Waals surface area contributed by atoms with Crippen molar-refractivity contribution in [1.29, 1.82) is 0 Å². The Hall–Kier alpha value is -1.90. The minimum atomic E-state index is -0.324. The lowest BCUT2D eigenvalue weighted by molar-refractivity contribution is 0.103.